The van der Waals surface area contributed by atoms with Gasteiger partial charge in [-0.1, -0.05) is 67.2 Å². The Morgan fingerprint density at radius 1 is 0.878 bits per heavy atom. The minimum absolute atomic E-state index is 0.295. The molecule has 0 aromatic heterocycles. The quantitative estimate of drug-likeness (QED) is 0.203. The van der Waals surface area contributed by atoms with Crippen LogP contribution in [0.15, 0.2) is 24.3 Å². The highest BCUT2D eigenvalue weighted by atomic mass is 16.6. The van der Waals surface area contributed by atoms with Crippen molar-refractivity contribution in [1.29, 1.82) is 0 Å². The van der Waals surface area contributed by atoms with Crippen molar-refractivity contribution < 1.29 is 62.7 Å². The molecule has 0 aliphatic heterocycles. The molecule has 13 heteroatoms. The van der Waals surface area contributed by atoms with Gasteiger partial charge >= 0.3 is 29.8 Å². The van der Waals surface area contributed by atoms with Crippen LogP contribution in [-0.2, 0) is 52.5 Å². The van der Waals surface area contributed by atoms with Crippen LogP contribution in [0.1, 0.15) is 95.4 Å². The summed E-state index contributed by atoms with van der Waals surface area (Å²) < 4.78 is 28.9. The average Bonchev–Trinajstić information content (AvgIpc) is 3.20. The SMILES string of the molecule is C=C1[C@H](OC(C)=O)[C@@H](OC(C)=O)[C@@H](OC(C)=O)C(C)(C)/C=C/[C@H](C)C(=O)[C@@]2(O)C[C@@](C)(OC(=O)[C@@H](C)CC)[C@H](O)[C@@H]2[C@H]1OC(=O)[C@@H](C)CC. The third kappa shape index (κ3) is 9.16. The molecule has 0 saturated heterocycles. The van der Waals surface area contributed by atoms with Crippen molar-refractivity contribution in [2.45, 2.75) is 137 Å². The van der Waals surface area contributed by atoms with E-state index in [9.17, 15) is 39.0 Å². The summed E-state index contributed by atoms with van der Waals surface area (Å²) >= 11 is 0. The van der Waals surface area contributed by atoms with E-state index in [4.69, 9.17) is 23.7 Å². The summed E-state index contributed by atoms with van der Waals surface area (Å²) in [5, 5.41) is 24.5. The summed E-state index contributed by atoms with van der Waals surface area (Å²) in [6.45, 7) is 20.2. The van der Waals surface area contributed by atoms with Gasteiger partial charge in [0.25, 0.3) is 0 Å². The second-order valence-electron chi connectivity index (χ2n) is 14.3. The molecule has 0 radical (unpaired) electrons. The molecule has 1 fully saturated rings. The molecule has 0 spiro atoms. The molecule has 11 atom stereocenters. The molecule has 0 aromatic carbocycles. The fourth-order valence-electron chi connectivity index (χ4n) is 6.41. The maximum Gasteiger partial charge on any atom is 0.309 e. The third-order valence-electron chi connectivity index (χ3n) is 9.67. The number of rotatable bonds is 9. The van der Waals surface area contributed by atoms with E-state index in [2.05, 4.69) is 6.58 Å². The molecule has 1 saturated carbocycles. The van der Waals surface area contributed by atoms with Gasteiger partial charge in [0.2, 0.25) is 0 Å². The minimum Gasteiger partial charge on any atom is -0.458 e. The van der Waals surface area contributed by atoms with Crippen LogP contribution >= 0.6 is 0 Å². The largest absolute Gasteiger partial charge is 0.458 e. The van der Waals surface area contributed by atoms with E-state index in [1.165, 1.54) is 19.9 Å². The van der Waals surface area contributed by atoms with Gasteiger partial charge < -0.3 is 33.9 Å². The fraction of sp³-hybridized carbons (Fsp3) is 0.722. The van der Waals surface area contributed by atoms with E-state index in [1.807, 2.05) is 0 Å². The van der Waals surface area contributed by atoms with Gasteiger partial charge in [-0.05, 0) is 19.8 Å². The third-order valence-corrected chi connectivity index (χ3v) is 9.67. The second-order valence-corrected chi connectivity index (χ2v) is 14.3. The van der Waals surface area contributed by atoms with Crippen LogP contribution in [0.3, 0.4) is 0 Å². The van der Waals surface area contributed by atoms with E-state index in [1.54, 1.807) is 47.6 Å². The molecular formula is C36H54O13. The number of carbonyl (C=O) groups excluding carboxylic acids is 6. The fourth-order valence-corrected chi connectivity index (χ4v) is 6.41. The molecule has 2 aliphatic rings. The summed E-state index contributed by atoms with van der Waals surface area (Å²) in [5.41, 5.74) is -5.89. The predicted octanol–water partition coefficient (Wildman–Crippen LogP) is 3.56. The Kier molecular flexibility index (Phi) is 13.6. The van der Waals surface area contributed by atoms with Crippen molar-refractivity contribution >= 4 is 35.6 Å². The lowest BCUT2D eigenvalue weighted by Crippen LogP contribution is -2.58. The molecule has 0 heterocycles. The van der Waals surface area contributed by atoms with E-state index in [-0.39, 0.29) is 5.57 Å². The number of esters is 5. The zero-order chi connectivity index (χ0) is 37.8. The number of fused-ring (bicyclic) bond motifs is 1. The van der Waals surface area contributed by atoms with Crippen LogP contribution in [0.5, 0.6) is 0 Å². The lowest BCUT2D eigenvalue weighted by Gasteiger charge is -2.43. The molecule has 0 bridgehead atoms. The molecule has 49 heavy (non-hydrogen) atoms. The summed E-state index contributed by atoms with van der Waals surface area (Å²) in [7, 11) is 0. The number of hydrogen-bond acceptors (Lipinski definition) is 13. The molecule has 2 aliphatic carbocycles. The smallest absolute Gasteiger partial charge is 0.309 e. The molecule has 2 rings (SSSR count). The molecule has 276 valence electrons. The average molecular weight is 695 g/mol. The Hall–Kier alpha value is -3.58. The number of Topliss-reactive ketones (excluding diaryl/α,β-unsaturated/α-hetero) is 1. The highest BCUT2D eigenvalue weighted by Crippen LogP contribution is 2.51. The van der Waals surface area contributed by atoms with Gasteiger partial charge in [0.15, 0.2) is 24.1 Å². The maximum absolute atomic E-state index is 14.4. The second kappa shape index (κ2) is 16.0. The maximum atomic E-state index is 14.4. The lowest BCUT2D eigenvalue weighted by atomic mass is 9.72. The van der Waals surface area contributed by atoms with Crippen LogP contribution in [0.4, 0.5) is 0 Å². The molecule has 0 aromatic rings. The molecule has 2 N–H and O–H groups in total. The van der Waals surface area contributed by atoms with Crippen LogP contribution in [0.2, 0.25) is 0 Å². The van der Waals surface area contributed by atoms with Gasteiger partial charge in [0, 0.05) is 44.1 Å². The van der Waals surface area contributed by atoms with Crippen LogP contribution < -0.4 is 0 Å². The first-order valence-corrected chi connectivity index (χ1v) is 16.7. The van der Waals surface area contributed by atoms with Gasteiger partial charge in [-0.3, -0.25) is 28.8 Å². The Labute approximate surface area is 288 Å². The number of aliphatic hydroxyl groups is 2. The van der Waals surface area contributed by atoms with Crippen molar-refractivity contribution in [3.05, 3.63) is 24.3 Å². The number of ether oxygens (including phenoxy) is 5. The standard InChI is InChI=1S/C36H54O13/c1-13-18(3)32(42)48-26-21(6)27(45-22(7)37)28(46-23(8)38)31(47-24(9)39)34(10,11)16-15-20(5)29(40)36(44)17-35(12,30(41)25(26)36)49-33(43)19(4)14-2/h15-16,18-20,25-28,30-31,41,44H,6,13-14,17H2,1-5,7-12H3/b16-15+/t18-,19-,20-,25-,26-,27-,28+,30+,31+,35+,36+/m0/s1. The summed E-state index contributed by atoms with van der Waals surface area (Å²) in [5.74, 6) is -8.89. The summed E-state index contributed by atoms with van der Waals surface area (Å²) in [6, 6.07) is 0. The Bertz CT molecular complexity index is 1330. The number of carbonyl (C=O) groups is 6. The summed E-state index contributed by atoms with van der Waals surface area (Å²) in [6.07, 6.45) is -5.17. The van der Waals surface area contributed by atoms with Crippen molar-refractivity contribution in [1.82, 2.24) is 0 Å². The van der Waals surface area contributed by atoms with Crippen LogP contribution in [0.25, 0.3) is 0 Å². The Morgan fingerprint density at radius 2 is 1.39 bits per heavy atom. The van der Waals surface area contributed by atoms with Gasteiger partial charge in [0.1, 0.15) is 23.4 Å². The first kappa shape index (κ1) is 41.6. The first-order chi connectivity index (χ1) is 22.5. The Morgan fingerprint density at radius 3 is 1.88 bits per heavy atom. The first-order valence-electron chi connectivity index (χ1n) is 16.7. The van der Waals surface area contributed by atoms with E-state index in [0.717, 1.165) is 20.8 Å². The summed E-state index contributed by atoms with van der Waals surface area (Å²) in [4.78, 5) is 78.7. The number of hydrogen-bond donors (Lipinski definition) is 2. The van der Waals surface area contributed by atoms with Gasteiger partial charge in [0.05, 0.1) is 17.8 Å². The van der Waals surface area contributed by atoms with Crippen LogP contribution in [-0.4, -0.2) is 87.6 Å². The van der Waals surface area contributed by atoms with E-state index < -0.39 is 113 Å². The van der Waals surface area contributed by atoms with Gasteiger partial charge in [-0.15, -0.1) is 0 Å². The Balaban J connectivity index is 3.08. The van der Waals surface area contributed by atoms with Crippen molar-refractivity contribution in [3.63, 3.8) is 0 Å². The molecule has 13 nitrogen and oxygen atoms in total. The van der Waals surface area contributed by atoms with Crippen molar-refractivity contribution in [3.8, 4) is 0 Å². The molecule has 0 unspecified atom stereocenters. The molecular weight excluding hydrogens is 640 g/mol. The van der Waals surface area contributed by atoms with E-state index in [0.29, 0.717) is 12.8 Å². The lowest BCUT2D eigenvalue weighted by molar-refractivity contribution is -0.192. The van der Waals surface area contributed by atoms with Gasteiger partial charge in [-0.2, -0.15) is 0 Å². The molecule has 0 amide bonds. The zero-order valence-electron chi connectivity index (χ0n) is 30.6. The zero-order valence-corrected chi connectivity index (χ0v) is 30.6. The van der Waals surface area contributed by atoms with Crippen molar-refractivity contribution in [2.75, 3.05) is 0 Å². The topological polar surface area (TPSA) is 189 Å². The number of aliphatic hydroxyl groups excluding tert-OH is 1. The van der Waals surface area contributed by atoms with Gasteiger partial charge in [-0.25, -0.2) is 0 Å². The highest BCUT2D eigenvalue weighted by molar-refractivity contribution is 5.92. The number of ketones is 1. The minimum atomic E-state index is -2.51. The van der Waals surface area contributed by atoms with E-state index >= 15 is 0 Å². The normalized spacial score (nSPS) is 34.9. The van der Waals surface area contributed by atoms with Crippen molar-refractivity contribution in [2.24, 2.45) is 29.1 Å². The number of allylic oxidation sites excluding steroid dienone is 1. The monoisotopic (exact) mass is 694 g/mol. The highest BCUT2D eigenvalue weighted by Gasteiger charge is 2.68. The predicted molar refractivity (Wildman–Crippen MR) is 175 cm³/mol. The van der Waals surface area contributed by atoms with Crippen LogP contribution in [0, 0.1) is 29.1 Å².